The van der Waals surface area contributed by atoms with Gasteiger partial charge in [-0.15, -0.1) is 0 Å². The molecule has 4 aromatic rings. The van der Waals surface area contributed by atoms with Crippen molar-refractivity contribution in [1.82, 2.24) is 34.5 Å². The van der Waals surface area contributed by atoms with Crippen LogP contribution in [0.2, 0.25) is 0 Å². The molecule has 3 amide bonds. The highest BCUT2D eigenvalue weighted by Crippen LogP contribution is 2.34. The summed E-state index contributed by atoms with van der Waals surface area (Å²) in [5.41, 5.74) is 7.85. The summed E-state index contributed by atoms with van der Waals surface area (Å²) >= 11 is 0. The third kappa shape index (κ3) is 5.24. The number of benzene rings is 1. The van der Waals surface area contributed by atoms with Crippen LogP contribution in [0, 0.1) is 0 Å². The number of likely N-dealkylation sites (tertiary alicyclic amines) is 1. The largest absolute Gasteiger partial charge is 0.416 e. The summed E-state index contributed by atoms with van der Waals surface area (Å²) in [7, 11) is 3.42. The Morgan fingerprint density at radius 2 is 1.85 bits per heavy atom. The highest BCUT2D eigenvalue weighted by molar-refractivity contribution is 6.04. The number of fused-ring (bicyclic) bond motifs is 1. The Morgan fingerprint density at radius 3 is 2.55 bits per heavy atom. The number of nitrogens with zero attached hydrogens (tertiary/aromatic N) is 7. The minimum absolute atomic E-state index is 0.0688. The molecule has 1 aliphatic rings. The quantitative estimate of drug-likeness (QED) is 0.391. The van der Waals surface area contributed by atoms with Gasteiger partial charge in [0.1, 0.15) is 23.2 Å². The molecule has 1 fully saturated rings. The molecule has 3 N–H and O–H groups in total. The van der Waals surface area contributed by atoms with Crippen LogP contribution in [-0.4, -0.2) is 73.7 Å². The molecule has 5 rings (SSSR count). The van der Waals surface area contributed by atoms with Crippen LogP contribution in [-0.2, 0) is 6.18 Å². The van der Waals surface area contributed by atoms with E-state index in [1.807, 2.05) is 0 Å². The van der Waals surface area contributed by atoms with Crippen LogP contribution in [0.4, 0.5) is 29.6 Å². The topological polar surface area (TPSA) is 135 Å². The van der Waals surface area contributed by atoms with Crippen molar-refractivity contribution in [3.05, 3.63) is 65.7 Å². The van der Waals surface area contributed by atoms with E-state index in [0.29, 0.717) is 35.5 Å². The number of anilines is 2. The first kappa shape index (κ1) is 26.8. The molecule has 1 aromatic carbocycles. The zero-order valence-corrected chi connectivity index (χ0v) is 21.7. The van der Waals surface area contributed by atoms with E-state index in [4.69, 9.17) is 10.8 Å². The molecule has 14 heteroatoms. The number of amides is 3. The van der Waals surface area contributed by atoms with Gasteiger partial charge in [0.15, 0.2) is 5.82 Å². The highest BCUT2D eigenvalue weighted by Gasteiger charge is 2.32. The number of carbonyl (C=O) groups is 2. The Labute approximate surface area is 226 Å². The van der Waals surface area contributed by atoms with Crippen LogP contribution in [0.1, 0.15) is 40.4 Å². The summed E-state index contributed by atoms with van der Waals surface area (Å²) in [6, 6.07) is 7.84. The zero-order valence-electron chi connectivity index (χ0n) is 21.7. The molecule has 208 valence electrons. The number of hydrogen-bond donors (Lipinski definition) is 2. The smallest absolute Gasteiger partial charge is 0.382 e. The van der Waals surface area contributed by atoms with Gasteiger partial charge in [-0.2, -0.15) is 18.3 Å². The second-order valence-corrected chi connectivity index (χ2v) is 9.64. The number of nitrogens with one attached hydrogen (secondary N) is 1. The number of hydrogen-bond acceptors (Lipinski definition) is 7. The van der Waals surface area contributed by atoms with Gasteiger partial charge >= 0.3 is 12.2 Å². The normalized spacial score (nSPS) is 15.7. The van der Waals surface area contributed by atoms with Gasteiger partial charge in [0.05, 0.1) is 16.9 Å². The van der Waals surface area contributed by atoms with Crippen molar-refractivity contribution in [1.29, 1.82) is 0 Å². The molecular weight excluding hydrogens is 527 g/mol. The molecule has 0 aliphatic carbocycles. The summed E-state index contributed by atoms with van der Waals surface area (Å²) in [5, 5.41) is 7.21. The maximum Gasteiger partial charge on any atom is 0.416 e. The fourth-order valence-corrected chi connectivity index (χ4v) is 4.73. The number of pyridine rings is 1. The Balaban J connectivity index is 1.42. The predicted molar refractivity (Wildman–Crippen MR) is 141 cm³/mol. The number of alkyl halides is 3. The second-order valence-electron chi connectivity index (χ2n) is 9.64. The number of piperidine rings is 1. The predicted octanol–water partition coefficient (Wildman–Crippen LogP) is 3.92. The molecule has 0 bridgehead atoms. The van der Waals surface area contributed by atoms with Gasteiger partial charge in [0, 0.05) is 44.9 Å². The van der Waals surface area contributed by atoms with Crippen molar-refractivity contribution in [2.75, 3.05) is 38.2 Å². The lowest BCUT2D eigenvalue weighted by Crippen LogP contribution is -2.44. The molecule has 0 radical (unpaired) electrons. The molecule has 1 aliphatic heterocycles. The summed E-state index contributed by atoms with van der Waals surface area (Å²) in [6.45, 7) is 1.14. The standard InChI is InChI=1S/C26H26F3N9O2/c1-36(2)25(40)37-11-3-4-16(13-37)20-21-22(23(30)33-14-32-21)38(35-20)18-7-5-15(6-8-18)24(39)34-19-12-17(9-10-31-19)26(27,28)29/h5-10,12,14,16H,3-4,11,13H2,1-2H3,(H2,30,32,33)(H,31,34,39). The van der Waals surface area contributed by atoms with Crippen molar-refractivity contribution < 1.29 is 22.8 Å². The van der Waals surface area contributed by atoms with E-state index in [0.717, 1.165) is 31.2 Å². The van der Waals surface area contributed by atoms with E-state index in [2.05, 4.69) is 20.3 Å². The van der Waals surface area contributed by atoms with E-state index < -0.39 is 17.6 Å². The molecule has 0 spiro atoms. The van der Waals surface area contributed by atoms with E-state index in [1.54, 1.807) is 40.7 Å². The number of aromatic nitrogens is 5. The maximum absolute atomic E-state index is 13.0. The van der Waals surface area contributed by atoms with E-state index >= 15 is 0 Å². The van der Waals surface area contributed by atoms with Gasteiger partial charge in [-0.3, -0.25) is 4.79 Å². The van der Waals surface area contributed by atoms with E-state index in [9.17, 15) is 22.8 Å². The number of urea groups is 1. The lowest BCUT2D eigenvalue weighted by molar-refractivity contribution is -0.137. The lowest BCUT2D eigenvalue weighted by atomic mass is 9.94. The first-order valence-corrected chi connectivity index (χ1v) is 12.4. The van der Waals surface area contributed by atoms with Gasteiger partial charge in [0.25, 0.3) is 5.91 Å². The molecule has 1 atom stereocenters. The molecule has 4 heterocycles. The van der Waals surface area contributed by atoms with Crippen molar-refractivity contribution in [2.24, 2.45) is 0 Å². The molecule has 1 unspecified atom stereocenters. The highest BCUT2D eigenvalue weighted by atomic mass is 19.4. The molecule has 40 heavy (non-hydrogen) atoms. The number of rotatable bonds is 4. The van der Waals surface area contributed by atoms with Crippen LogP contribution >= 0.6 is 0 Å². The van der Waals surface area contributed by atoms with Crippen LogP contribution in [0.3, 0.4) is 0 Å². The Hall–Kier alpha value is -4.75. The lowest BCUT2D eigenvalue weighted by Gasteiger charge is -2.33. The first-order chi connectivity index (χ1) is 19.0. The van der Waals surface area contributed by atoms with E-state index in [1.165, 1.54) is 18.5 Å². The summed E-state index contributed by atoms with van der Waals surface area (Å²) in [6.07, 6.45) is -0.581. The van der Waals surface area contributed by atoms with Gasteiger partial charge in [-0.25, -0.2) is 24.4 Å². The monoisotopic (exact) mass is 553 g/mol. The van der Waals surface area contributed by atoms with Crippen molar-refractivity contribution in [2.45, 2.75) is 24.9 Å². The first-order valence-electron chi connectivity index (χ1n) is 12.4. The van der Waals surface area contributed by atoms with Gasteiger partial charge in [-0.05, 0) is 49.2 Å². The third-order valence-corrected chi connectivity index (χ3v) is 6.68. The molecular formula is C26H26F3N9O2. The number of nitrogens with two attached hydrogens (primary N) is 1. The Kier molecular flexibility index (Phi) is 7.00. The average molecular weight is 554 g/mol. The fourth-order valence-electron chi connectivity index (χ4n) is 4.73. The number of nitrogen functional groups attached to an aromatic ring is 1. The zero-order chi connectivity index (χ0) is 28.6. The summed E-state index contributed by atoms with van der Waals surface area (Å²) in [4.78, 5) is 41.0. The van der Waals surface area contributed by atoms with Crippen LogP contribution in [0.5, 0.6) is 0 Å². The fraction of sp³-hybridized carbons (Fsp3) is 0.308. The van der Waals surface area contributed by atoms with Crippen LogP contribution < -0.4 is 11.1 Å². The molecule has 0 saturated carbocycles. The van der Waals surface area contributed by atoms with Crippen molar-refractivity contribution in [3.63, 3.8) is 0 Å². The van der Waals surface area contributed by atoms with Gasteiger partial charge in [0.2, 0.25) is 0 Å². The van der Waals surface area contributed by atoms with E-state index in [-0.39, 0.29) is 29.1 Å². The molecule has 3 aromatic heterocycles. The molecule has 1 saturated heterocycles. The second kappa shape index (κ2) is 10.4. The number of carbonyl (C=O) groups excluding carboxylic acids is 2. The number of halogens is 3. The minimum Gasteiger partial charge on any atom is -0.382 e. The molecule has 11 nitrogen and oxygen atoms in total. The van der Waals surface area contributed by atoms with Crippen LogP contribution in [0.25, 0.3) is 16.7 Å². The summed E-state index contributed by atoms with van der Waals surface area (Å²) in [5.74, 6) is -0.690. The average Bonchev–Trinajstić information content (AvgIpc) is 3.33. The third-order valence-electron chi connectivity index (χ3n) is 6.68. The minimum atomic E-state index is -4.56. The maximum atomic E-state index is 13.0. The van der Waals surface area contributed by atoms with Gasteiger partial charge in [-0.1, -0.05) is 0 Å². The van der Waals surface area contributed by atoms with Crippen molar-refractivity contribution >= 4 is 34.6 Å². The SMILES string of the molecule is CN(C)C(=O)N1CCCC(c2nn(-c3ccc(C(=O)Nc4cc(C(F)(F)F)ccn4)cc3)c3c(N)ncnc23)C1. The Morgan fingerprint density at radius 1 is 1.10 bits per heavy atom. The Bertz CT molecular complexity index is 1570. The summed E-state index contributed by atoms with van der Waals surface area (Å²) < 4.78 is 40.6. The van der Waals surface area contributed by atoms with Gasteiger partial charge < -0.3 is 20.9 Å². The van der Waals surface area contributed by atoms with Crippen molar-refractivity contribution in [3.8, 4) is 5.69 Å². The van der Waals surface area contributed by atoms with Crippen LogP contribution in [0.15, 0.2) is 48.9 Å².